The summed E-state index contributed by atoms with van der Waals surface area (Å²) in [5.74, 6) is 0.997. The Hall–Kier alpha value is -2.67. The molecule has 25 heavy (non-hydrogen) atoms. The quantitative estimate of drug-likeness (QED) is 0.642. The van der Waals surface area contributed by atoms with Gasteiger partial charge in [-0.05, 0) is 52.5 Å². The van der Waals surface area contributed by atoms with Crippen LogP contribution in [0.5, 0.6) is 0 Å². The summed E-state index contributed by atoms with van der Waals surface area (Å²) in [6, 6.07) is 10.7. The highest BCUT2D eigenvalue weighted by molar-refractivity contribution is 5.98. The molecule has 0 spiro atoms. The molecule has 0 atom stereocenters. The molecule has 1 heterocycles. The van der Waals surface area contributed by atoms with Gasteiger partial charge in [0.25, 0.3) is 0 Å². The predicted molar refractivity (Wildman–Crippen MR) is 102 cm³/mol. The van der Waals surface area contributed by atoms with E-state index in [0.717, 1.165) is 31.6 Å². The minimum Gasteiger partial charge on any atom is -0.370 e. The molecule has 2 aromatic rings. The first kappa shape index (κ1) is 18.7. The van der Waals surface area contributed by atoms with E-state index in [9.17, 15) is 4.79 Å². The zero-order valence-electron chi connectivity index (χ0n) is 15.0. The topological polar surface area (TPSA) is 82.2 Å². The first-order valence-corrected chi connectivity index (χ1v) is 8.40. The lowest BCUT2D eigenvalue weighted by Crippen LogP contribution is -2.21. The van der Waals surface area contributed by atoms with Crippen molar-refractivity contribution in [2.75, 3.05) is 43.1 Å². The summed E-state index contributed by atoms with van der Waals surface area (Å²) < 4.78 is 0. The van der Waals surface area contributed by atoms with Crippen molar-refractivity contribution in [2.45, 2.75) is 19.8 Å². The van der Waals surface area contributed by atoms with Crippen molar-refractivity contribution in [3.63, 3.8) is 0 Å². The predicted octanol–water partition coefficient (Wildman–Crippen LogP) is 3.18. The fourth-order valence-corrected chi connectivity index (χ4v) is 2.27. The highest BCUT2D eigenvalue weighted by atomic mass is 16.2. The maximum atomic E-state index is 12.0. The van der Waals surface area contributed by atoms with Crippen molar-refractivity contribution in [1.29, 1.82) is 0 Å². The number of amides is 2. The second-order valence-electron chi connectivity index (χ2n) is 6.10. The first-order valence-electron chi connectivity index (χ1n) is 8.40. The number of carbonyl (C=O) groups is 1. The summed E-state index contributed by atoms with van der Waals surface area (Å²) in [6.07, 6.45) is 2.17. The number of benzene rings is 1. The summed E-state index contributed by atoms with van der Waals surface area (Å²) in [5.41, 5.74) is 1.51. The van der Waals surface area contributed by atoms with Crippen molar-refractivity contribution in [3.8, 4) is 0 Å². The average Bonchev–Trinajstić information content (AvgIpc) is 2.54. The number of anilines is 3. The number of carbonyl (C=O) groups excluding carboxylic acids is 1. The van der Waals surface area contributed by atoms with Crippen LogP contribution in [0, 0.1) is 6.92 Å². The Morgan fingerprint density at radius 3 is 2.56 bits per heavy atom. The molecule has 134 valence electrons. The van der Waals surface area contributed by atoms with E-state index in [0.29, 0.717) is 11.5 Å². The molecule has 7 nitrogen and oxygen atoms in total. The van der Waals surface area contributed by atoms with Gasteiger partial charge in [-0.25, -0.2) is 9.78 Å². The first-order chi connectivity index (χ1) is 12.0. The lowest BCUT2D eigenvalue weighted by Gasteiger charge is -2.11. The van der Waals surface area contributed by atoms with E-state index in [2.05, 4.69) is 44.9 Å². The Morgan fingerprint density at radius 1 is 1.08 bits per heavy atom. The van der Waals surface area contributed by atoms with Crippen LogP contribution in [0.25, 0.3) is 0 Å². The zero-order valence-corrected chi connectivity index (χ0v) is 15.0. The van der Waals surface area contributed by atoms with Gasteiger partial charge in [-0.15, -0.1) is 0 Å². The summed E-state index contributed by atoms with van der Waals surface area (Å²) >= 11 is 0. The van der Waals surface area contributed by atoms with Gasteiger partial charge in [0, 0.05) is 24.0 Å². The van der Waals surface area contributed by atoms with Crippen LogP contribution < -0.4 is 16.0 Å². The normalized spacial score (nSPS) is 10.6. The van der Waals surface area contributed by atoms with E-state index in [4.69, 9.17) is 0 Å². The SMILES string of the molecule is Cc1cc(NCCCCN(C)C)nc(NC(=O)Nc2ccccc2)n1. The van der Waals surface area contributed by atoms with Crippen LogP contribution in [-0.4, -0.2) is 48.1 Å². The smallest absolute Gasteiger partial charge is 0.326 e. The van der Waals surface area contributed by atoms with Crippen LogP contribution in [0.3, 0.4) is 0 Å². The van der Waals surface area contributed by atoms with Crippen molar-refractivity contribution < 1.29 is 4.79 Å². The number of unbranched alkanes of at least 4 members (excludes halogenated alkanes) is 1. The van der Waals surface area contributed by atoms with Crippen LogP contribution in [0.1, 0.15) is 18.5 Å². The van der Waals surface area contributed by atoms with Gasteiger partial charge in [-0.1, -0.05) is 18.2 Å². The third-order valence-electron chi connectivity index (χ3n) is 3.45. The zero-order chi connectivity index (χ0) is 18.1. The third-order valence-corrected chi connectivity index (χ3v) is 3.45. The molecular weight excluding hydrogens is 316 g/mol. The summed E-state index contributed by atoms with van der Waals surface area (Å²) in [4.78, 5) is 22.8. The number of nitrogens with one attached hydrogen (secondary N) is 3. The number of nitrogens with zero attached hydrogens (tertiary/aromatic N) is 3. The highest BCUT2D eigenvalue weighted by Gasteiger charge is 2.07. The number of aromatic nitrogens is 2. The summed E-state index contributed by atoms with van der Waals surface area (Å²) in [6.45, 7) is 3.77. The maximum Gasteiger partial charge on any atom is 0.326 e. The molecule has 0 unspecified atom stereocenters. The number of rotatable bonds is 8. The summed E-state index contributed by atoms with van der Waals surface area (Å²) in [5, 5.41) is 8.70. The maximum absolute atomic E-state index is 12.0. The van der Waals surface area contributed by atoms with Gasteiger partial charge in [0.2, 0.25) is 5.95 Å². The van der Waals surface area contributed by atoms with Crippen molar-refractivity contribution in [1.82, 2.24) is 14.9 Å². The lowest BCUT2D eigenvalue weighted by atomic mass is 10.3. The standard InChI is InChI=1S/C18H26N6O/c1-14-13-16(19-11-7-8-12-24(2)3)22-17(20-14)23-18(25)21-15-9-5-4-6-10-15/h4-6,9-10,13H,7-8,11-12H2,1-3H3,(H3,19,20,21,22,23,25). The van der Waals surface area contributed by atoms with Crippen LogP contribution in [0.4, 0.5) is 22.2 Å². The molecule has 0 aliphatic heterocycles. The molecule has 1 aromatic carbocycles. The molecule has 0 aliphatic rings. The summed E-state index contributed by atoms with van der Waals surface area (Å²) in [7, 11) is 4.14. The van der Waals surface area contributed by atoms with Gasteiger partial charge in [-0.2, -0.15) is 4.98 Å². The van der Waals surface area contributed by atoms with E-state index >= 15 is 0 Å². The molecule has 2 rings (SSSR count). The van der Waals surface area contributed by atoms with E-state index in [1.54, 1.807) is 0 Å². The number of hydrogen-bond donors (Lipinski definition) is 3. The molecular formula is C18H26N6O. The largest absolute Gasteiger partial charge is 0.370 e. The van der Waals surface area contributed by atoms with E-state index in [-0.39, 0.29) is 12.0 Å². The average molecular weight is 342 g/mol. The van der Waals surface area contributed by atoms with Gasteiger partial charge >= 0.3 is 6.03 Å². The van der Waals surface area contributed by atoms with E-state index in [1.165, 1.54) is 0 Å². The Balaban J connectivity index is 1.86. The fraction of sp³-hybridized carbons (Fsp3) is 0.389. The molecule has 0 saturated carbocycles. The van der Waals surface area contributed by atoms with Crippen LogP contribution >= 0.6 is 0 Å². The molecule has 0 saturated heterocycles. The minimum atomic E-state index is -0.367. The highest BCUT2D eigenvalue weighted by Crippen LogP contribution is 2.11. The second-order valence-corrected chi connectivity index (χ2v) is 6.10. The fourth-order valence-electron chi connectivity index (χ4n) is 2.27. The Morgan fingerprint density at radius 2 is 1.84 bits per heavy atom. The van der Waals surface area contributed by atoms with Crippen molar-refractivity contribution in [3.05, 3.63) is 42.1 Å². The Bertz CT molecular complexity index is 675. The molecule has 0 bridgehead atoms. The molecule has 0 radical (unpaired) electrons. The molecule has 3 N–H and O–H groups in total. The monoisotopic (exact) mass is 342 g/mol. The van der Waals surface area contributed by atoms with Crippen molar-refractivity contribution >= 4 is 23.5 Å². The van der Waals surface area contributed by atoms with Gasteiger partial charge < -0.3 is 15.5 Å². The lowest BCUT2D eigenvalue weighted by molar-refractivity contribution is 0.262. The minimum absolute atomic E-state index is 0.282. The van der Waals surface area contributed by atoms with Crippen LogP contribution in [-0.2, 0) is 0 Å². The van der Waals surface area contributed by atoms with Gasteiger partial charge in [0.15, 0.2) is 0 Å². The Labute approximate surface area is 148 Å². The Kier molecular flexibility index (Phi) is 7.16. The van der Waals surface area contributed by atoms with Crippen LogP contribution in [0.15, 0.2) is 36.4 Å². The van der Waals surface area contributed by atoms with Gasteiger partial charge in [0.1, 0.15) is 5.82 Å². The van der Waals surface area contributed by atoms with Crippen LogP contribution in [0.2, 0.25) is 0 Å². The number of aryl methyl sites for hydroxylation is 1. The third kappa shape index (κ3) is 7.17. The molecule has 1 aromatic heterocycles. The van der Waals surface area contributed by atoms with Gasteiger partial charge in [-0.3, -0.25) is 5.32 Å². The van der Waals surface area contributed by atoms with E-state index < -0.39 is 0 Å². The second kappa shape index (κ2) is 9.58. The molecule has 0 aliphatic carbocycles. The number of hydrogen-bond acceptors (Lipinski definition) is 5. The molecule has 0 fully saturated rings. The number of para-hydroxylation sites is 1. The molecule has 2 amide bonds. The van der Waals surface area contributed by atoms with E-state index in [1.807, 2.05) is 43.3 Å². The molecule has 7 heteroatoms. The van der Waals surface area contributed by atoms with Crippen molar-refractivity contribution in [2.24, 2.45) is 0 Å². The van der Waals surface area contributed by atoms with Gasteiger partial charge in [0.05, 0.1) is 0 Å². The number of urea groups is 1.